The van der Waals surface area contributed by atoms with Gasteiger partial charge >= 0.3 is 24.0 Å². The van der Waals surface area contributed by atoms with Gasteiger partial charge in [0.25, 0.3) is 0 Å². The number of hydrogen-bond acceptors (Lipinski definition) is 6. The highest BCUT2D eigenvalue weighted by Crippen LogP contribution is 2.23. The Morgan fingerprint density at radius 1 is 0.630 bits per heavy atom. The number of carbonyl (C=O) groups is 4. The van der Waals surface area contributed by atoms with E-state index in [1.54, 1.807) is 75.4 Å². The van der Waals surface area contributed by atoms with Gasteiger partial charge in [-0.25, -0.2) is 28.0 Å². The zero-order chi connectivity index (χ0) is 33.6. The zero-order valence-electron chi connectivity index (χ0n) is 25.1. The van der Waals surface area contributed by atoms with Gasteiger partial charge in [-0.3, -0.25) is 0 Å². The second-order valence-electron chi connectivity index (χ2n) is 9.34. The predicted octanol–water partition coefficient (Wildman–Crippen LogP) is 8.25. The first-order chi connectivity index (χ1) is 22.0. The smallest absolute Gasteiger partial charge is 0.338 e. The minimum atomic E-state index is -0.539. The van der Waals surface area contributed by atoms with Crippen molar-refractivity contribution in [2.24, 2.45) is 0 Å². The summed E-state index contributed by atoms with van der Waals surface area (Å²) in [5.41, 5.74) is 3.02. The van der Waals surface area contributed by atoms with E-state index < -0.39 is 29.8 Å². The summed E-state index contributed by atoms with van der Waals surface area (Å²) >= 11 is 5.83. The Hall–Kier alpha value is -5.49. The minimum Gasteiger partial charge on any atom is -0.462 e. The van der Waals surface area contributed by atoms with E-state index in [1.165, 1.54) is 24.3 Å². The van der Waals surface area contributed by atoms with Gasteiger partial charge in [-0.1, -0.05) is 11.6 Å². The second kappa shape index (κ2) is 17.1. The van der Waals surface area contributed by atoms with Crippen LogP contribution in [0.15, 0.2) is 84.9 Å². The number of aryl methyl sites for hydroxylation is 1. The van der Waals surface area contributed by atoms with Crippen LogP contribution in [0.4, 0.5) is 41.1 Å². The summed E-state index contributed by atoms with van der Waals surface area (Å²) in [6.45, 7) is 5.67. The molecule has 0 unspecified atom stereocenters. The molecule has 4 aromatic carbocycles. The standard InChI is InChI=1S/C17H17FN2O3.C16H14ClFN2O3/c1-3-23-16(21)12-4-6-13(7-5-12)19-17(22)20-14-8-9-15(18)11(2)10-14;1-2-23-15(21)10-3-6-12(7-4-10)19-16(22)20-14-8-5-11(18)9-13(14)17/h4-10H,3H2,1-2H3,(H2,19,20,22);3-9H,2H2,1H3,(H2,19,20,22). The number of ether oxygens (including phenoxy) is 2. The molecule has 0 aliphatic carbocycles. The van der Waals surface area contributed by atoms with Gasteiger partial charge in [0.05, 0.1) is 35.1 Å². The van der Waals surface area contributed by atoms with Crippen molar-refractivity contribution in [1.82, 2.24) is 0 Å². The number of benzene rings is 4. The third-order valence-electron chi connectivity index (χ3n) is 5.90. The molecule has 0 saturated carbocycles. The quantitative estimate of drug-likeness (QED) is 0.142. The van der Waals surface area contributed by atoms with E-state index >= 15 is 0 Å². The molecule has 46 heavy (non-hydrogen) atoms. The van der Waals surface area contributed by atoms with Gasteiger partial charge in [-0.05, 0) is 111 Å². The molecule has 0 spiro atoms. The highest BCUT2D eigenvalue weighted by Gasteiger charge is 2.10. The fraction of sp³-hybridized carbons (Fsp3) is 0.152. The SMILES string of the molecule is CCOC(=O)c1ccc(NC(=O)Nc2ccc(F)c(C)c2)cc1.CCOC(=O)c1ccc(NC(=O)Nc2ccc(F)cc2Cl)cc1. The Kier molecular flexibility index (Phi) is 13.0. The number of hydrogen-bond donors (Lipinski definition) is 4. The Morgan fingerprint density at radius 3 is 1.54 bits per heavy atom. The van der Waals surface area contributed by atoms with Crippen LogP contribution >= 0.6 is 11.6 Å². The highest BCUT2D eigenvalue weighted by molar-refractivity contribution is 6.33. The molecule has 4 amide bonds. The van der Waals surface area contributed by atoms with Crippen LogP contribution in [0.5, 0.6) is 0 Å². The molecule has 0 aliphatic heterocycles. The van der Waals surface area contributed by atoms with Crippen molar-refractivity contribution in [3.8, 4) is 0 Å². The summed E-state index contributed by atoms with van der Waals surface area (Å²) in [6, 6.07) is 19.5. The summed E-state index contributed by atoms with van der Waals surface area (Å²) < 4.78 is 35.9. The van der Waals surface area contributed by atoms with Crippen molar-refractivity contribution >= 4 is 58.4 Å². The minimum absolute atomic E-state index is 0.0952. The Bertz CT molecular complexity index is 1690. The van der Waals surface area contributed by atoms with Crippen molar-refractivity contribution in [2.75, 3.05) is 34.5 Å². The molecule has 0 saturated heterocycles. The Balaban J connectivity index is 0.000000250. The molecule has 4 aromatic rings. The van der Waals surface area contributed by atoms with Crippen molar-refractivity contribution < 1.29 is 37.4 Å². The predicted molar refractivity (Wildman–Crippen MR) is 173 cm³/mol. The maximum Gasteiger partial charge on any atom is 0.338 e. The number of esters is 2. The molecule has 13 heteroatoms. The van der Waals surface area contributed by atoms with E-state index in [4.69, 9.17) is 21.1 Å². The molecule has 240 valence electrons. The molecular weight excluding hydrogens is 622 g/mol. The van der Waals surface area contributed by atoms with E-state index in [9.17, 15) is 28.0 Å². The number of urea groups is 2. The molecule has 0 fully saturated rings. The van der Waals surface area contributed by atoms with E-state index in [0.29, 0.717) is 47.0 Å². The molecule has 0 bridgehead atoms. The molecule has 0 atom stereocenters. The van der Waals surface area contributed by atoms with Crippen LogP contribution in [-0.4, -0.2) is 37.2 Å². The monoisotopic (exact) mass is 652 g/mol. The molecule has 0 radical (unpaired) electrons. The van der Waals surface area contributed by atoms with Crippen LogP contribution in [0.3, 0.4) is 0 Å². The summed E-state index contributed by atoms with van der Waals surface area (Å²) in [5, 5.41) is 10.4. The summed E-state index contributed by atoms with van der Waals surface area (Å²) in [6.07, 6.45) is 0. The Morgan fingerprint density at radius 2 is 1.09 bits per heavy atom. The fourth-order valence-electron chi connectivity index (χ4n) is 3.70. The van der Waals surface area contributed by atoms with E-state index in [2.05, 4.69) is 21.3 Å². The number of anilines is 4. The molecule has 4 rings (SSSR count). The molecular formula is C33H31ClF2N4O6. The maximum atomic E-state index is 13.2. The van der Waals surface area contributed by atoms with Crippen LogP contribution in [0.25, 0.3) is 0 Å². The van der Waals surface area contributed by atoms with E-state index in [1.807, 2.05) is 0 Å². The Labute approximate surface area is 269 Å². The van der Waals surface area contributed by atoms with Gasteiger partial charge in [0, 0.05) is 17.1 Å². The summed E-state index contributed by atoms with van der Waals surface area (Å²) in [5.74, 6) is -1.66. The van der Waals surface area contributed by atoms with Crippen molar-refractivity contribution in [3.05, 3.63) is 118 Å². The van der Waals surface area contributed by atoms with Crippen LogP contribution in [-0.2, 0) is 9.47 Å². The van der Waals surface area contributed by atoms with Crippen molar-refractivity contribution in [1.29, 1.82) is 0 Å². The average Bonchev–Trinajstić information content (AvgIpc) is 3.01. The third kappa shape index (κ3) is 10.9. The number of carbonyl (C=O) groups excluding carboxylic acids is 4. The molecule has 4 N–H and O–H groups in total. The molecule has 0 heterocycles. The zero-order valence-corrected chi connectivity index (χ0v) is 25.8. The maximum absolute atomic E-state index is 13.2. The van der Waals surface area contributed by atoms with Crippen LogP contribution in [0.2, 0.25) is 5.02 Å². The van der Waals surface area contributed by atoms with E-state index in [-0.39, 0.29) is 16.5 Å². The summed E-state index contributed by atoms with van der Waals surface area (Å²) in [4.78, 5) is 46.8. The molecule has 10 nitrogen and oxygen atoms in total. The van der Waals surface area contributed by atoms with Crippen LogP contribution in [0.1, 0.15) is 40.1 Å². The normalized spacial score (nSPS) is 10.0. The second-order valence-corrected chi connectivity index (χ2v) is 9.75. The van der Waals surface area contributed by atoms with Gasteiger partial charge in [-0.15, -0.1) is 0 Å². The van der Waals surface area contributed by atoms with Crippen molar-refractivity contribution in [2.45, 2.75) is 20.8 Å². The average molecular weight is 653 g/mol. The van der Waals surface area contributed by atoms with Gasteiger partial charge in [0.15, 0.2) is 0 Å². The fourth-order valence-corrected chi connectivity index (χ4v) is 3.91. The van der Waals surface area contributed by atoms with Gasteiger partial charge in [0.2, 0.25) is 0 Å². The number of halogens is 3. The highest BCUT2D eigenvalue weighted by atomic mass is 35.5. The largest absolute Gasteiger partial charge is 0.462 e. The summed E-state index contributed by atoms with van der Waals surface area (Å²) in [7, 11) is 0. The number of amides is 4. The van der Waals surface area contributed by atoms with Crippen LogP contribution in [0, 0.1) is 18.6 Å². The van der Waals surface area contributed by atoms with Gasteiger partial charge in [-0.2, -0.15) is 0 Å². The van der Waals surface area contributed by atoms with Gasteiger partial charge < -0.3 is 30.7 Å². The lowest BCUT2D eigenvalue weighted by atomic mass is 10.2. The first-order valence-electron chi connectivity index (χ1n) is 13.9. The lowest BCUT2D eigenvalue weighted by molar-refractivity contribution is 0.0517. The topological polar surface area (TPSA) is 135 Å². The number of rotatable bonds is 8. The first kappa shape index (κ1) is 35.0. The third-order valence-corrected chi connectivity index (χ3v) is 6.22. The lowest BCUT2D eigenvalue weighted by Crippen LogP contribution is -2.19. The van der Waals surface area contributed by atoms with Crippen LogP contribution < -0.4 is 21.3 Å². The molecule has 0 aliphatic rings. The van der Waals surface area contributed by atoms with E-state index in [0.717, 1.165) is 6.07 Å². The first-order valence-corrected chi connectivity index (χ1v) is 14.3. The van der Waals surface area contributed by atoms with Gasteiger partial charge in [0.1, 0.15) is 11.6 Å². The van der Waals surface area contributed by atoms with Crippen molar-refractivity contribution in [3.63, 3.8) is 0 Å². The lowest BCUT2D eigenvalue weighted by Gasteiger charge is -2.09. The molecule has 0 aromatic heterocycles. The number of nitrogens with one attached hydrogen (secondary N) is 4.